The molecule has 0 radical (unpaired) electrons. The van der Waals surface area contributed by atoms with Gasteiger partial charge in [-0.1, -0.05) is 18.2 Å². The number of hydrogen-bond acceptors (Lipinski definition) is 3. The number of halogens is 1. The zero-order valence-electron chi connectivity index (χ0n) is 10.8. The van der Waals surface area contributed by atoms with Crippen LogP contribution in [0.15, 0.2) is 24.3 Å². The molecule has 1 fully saturated rings. The Hall–Kier alpha value is -1.47. The molecule has 0 aromatic heterocycles. The van der Waals surface area contributed by atoms with Crippen molar-refractivity contribution in [1.29, 1.82) is 0 Å². The van der Waals surface area contributed by atoms with Crippen LogP contribution >= 0.6 is 0 Å². The summed E-state index contributed by atoms with van der Waals surface area (Å²) in [5.41, 5.74) is 0.132. The summed E-state index contributed by atoms with van der Waals surface area (Å²) >= 11 is 0. The molecule has 1 aliphatic rings. The molecule has 0 unspecified atom stereocenters. The highest BCUT2D eigenvalue weighted by atomic mass is 32.2. The highest BCUT2D eigenvalue weighted by Gasteiger charge is 2.31. The van der Waals surface area contributed by atoms with E-state index < -0.39 is 33.5 Å². The Bertz CT molecular complexity index is 594. The van der Waals surface area contributed by atoms with Crippen LogP contribution in [0.5, 0.6) is 0 Å². The van der Waals surface area contributed by atoms with Crippen molar-refractivity contribution in [3.8, 4) is 0 Å². The normalized spacial score (nSPS) is 18.1. The van der Waals surface area contributed by atoms with Crippen LogP contribution in [0.25, 0.3) is 0 Å². The minimum atomic E-state index is -3.61. The van der Waals surface area contributed by atoms with Crippen LogP contribution in [0.3, 0.4) is 0 Å². The summed E-state index contributed by atoms with van der Waals surface area (Å²) < 4.78 is 39.1. The van der Waals surface area contributed by atoms with E-state index in [1.165, 1.54) is 22.5 Å². The average molecular weight is 301 g/mol. The van der Waals surface area contributed by atoms with Crippen molar-refractivity contribution in [3.05, 3.63) is 35.6 Å². The third kappa shape index (κ3) is 3.34. The number of carboxylic acid groups (broad SMARTS) is 1. The lowest BCUT2D eigenvalue weighted by Gasteiger charge is -2.29. The second kappa shape index (κ2) is 5.88. The summed E-state index contributed by atoms with van der Waals surface area (Å²) in [6.07, 6.45) is 0.595. The number of nitrogens with zero attached hydrogens (tertiary/aromatic N) is 1. The van der Waals surface area contributed by atoms with Crippen molar-refractivity contribution in [2.75, 3.05) is 13.1 Å². The van der Waals surface area contributed by atoms with Gasteiger partial charge in [0.05, 0.1) is 11.7 Å². The monoisotopic (exact) mass is 301 g/mol. The van der Waals surface area contributed by atoms with E-state index in [0.29, 0.717) is 12.8 Å². The maximum atomic E-state index is 13.5. The molecule has 0 spiro atoms. The smallest absolute Gasteiger partial charge is 0.306 e. The zero-order valence-corrected chi connectivity index (χ0v) is 11.6. The average Bonchev–Trinajstić information content (AvgIpc) is 2.41. The second-order valence-corrected chi connectivity index (χ2v) is 6.83. The molecule has 0 saturated carbocycles. The predicted octanol–water partition coefficient (Wildman–Crippen LogP) is 1.45. The first-order valence-electron chi connectivity index (χ1n) is 6.34. The van der Waals surface area contributed by atoms with Gasteiger partial charge in [-0.2, -0.15) is 0 Å². The number of sulfonamides is 1. The molecule has 1 aromatic rings. The first-order chi connectivity index (χ1) is 9.40. The molecule has 20 heavy (non-hydrogen) atoms. The van der Waals surface area contributed by atoms with Crippen molar-refractivity contribution in [2.45, 2.75) is 18.6 Å². The molecule has 0 aliphatic carbocycles. The standard InChI is InChI=1S/C13H16FNO4S/c14-12-4-2-1-3-11(12)9-20(18,19)15-7-5-10(6-8-15)13(16)17/h1-4,10H,5-9H2,(H,16,17). The van der Waals surface area contributed by atoms with Crippen LogP contribution in [0.1, 0.15) is 18.4 Å². The maximum absolute atomic E-state index is 13.5. The largest absolute Gasteiger partial charge is 0.481 e. The Morgan fingerprint density at radius 1 is 1.30 bits per heavy atom. The molecule has 7 heteroatoms. The lowest BCUT2D eigenvalue weighted by molar-refractivity contribution is -0.142. The van der Waals surface area contributed by atoms with E-state index in [2.05, 4.69) is 0 Å². The predicted molar refractivity (Wildman–Crippen MR) is 71.0 cm³/mol. The first-order valence-corrected chi connectivity index (χ1v) is 7.95. The molecule has 2 rings (SSSR count). The van der Waals surface area contributed by atoms with Crippen LogP contribution in [0, 0.1) is 11.7 Å². The van der Waals surface area contributed by atoms with Gasteiger partial charge in [-0.15, -0.1) is 0 Å². The SMILES string of the molecule is O=C(O)C1CCN(S(=O)(=O)Cc2ccccc2F)CC1. The minimum Gasteiger partial charge on any atom is -0.481 e. The Balaban J connectivity index is 2.05. The Kier molecular flexibility index (Phi) is 4.39. The fourth-order valence-corrected chi connectivity index (χ4v) is 3.86. The highest BCUT2D eigenvalue weighted by molar-refractivity contribution is 7.88. The van der Waals surface area contributed by atoms with E-state index >= 15 is 0 Å². The van der Waals surface area contributed by atoms with Gasteiger partial charge in [-0.25, -0.2) is 17.1 Å². The highest BCUT2D eigenvalue weighted by Crippen LogP contribution is 2.22. The number of carbonyl (C=O) groups is 1. The number of carboxylic acids is 1. The van der Waals surface area contributed by atoms with Crippen LogP contribution in [0.2, 0.25) is 0 Å². The van der Waals surface area contributed by atoms with Gasteiger partial charge in [0.25, 0.3) is 0 Å². The van der Waals surface area contributed by atoms with Gasteiger partial charge in [-0.3, -0.25) is 4.79 Å². The summed E-state index contributed by atoms with van der Waals surface area (Å²) in [6.45, 7) is 0.349. The van der Waals surface area contributed by atoms with Gasteiger partial charge in [-0.05, 0) is 18.9 Å². The summed E-state index contributed by atoms with van der Waals surface area (Å²) in [7, 11) is -3.61. The van der Waals surface area contributed by atoms with Crippen molar-refractivity contribution >= 4 is 16.0 Å². The number of aliphatic carboxylic acids is 1. The van der Waals surface area contributed by atoms with E-state index in [-0.39, 0.29) is 18.7 Å². The van der Waals surface area contributed by atoms with Crippen LogP contribution in [-0.2, 0) is 20.6 Å². The van der Waals surface area contributed by atoms with Crippen LogP contribution in [-0.4, -0.2) is 36.9 Å². The van der Waals surface area contributed by atoms with E-state index in [9.17, 15) is 17.6 Å². The molecule has 110 valence electrons. The molecule has 1 heterocycles. The Morgan fingerprint density at radius 2 is 1.90 bits per heavy atom. The zero-order chi connectivity index (χ0) is 14.8. The lowest BCUT2D eigenvalue weighted by Crippen LogP contribution is -2.40. The minimum absolute atomic E-state index is 0.132. The molecule has 5 nitrogen and oxygen atoms in total. The van der Waals surface area contributed by atoms with Gasteiger partial charge < -0.3 is 5.11 Å². The van der Waals surface area contributed by atoms with Gasteiger partial charge in [0, 0.05) is 18.7 Å². The van der Waals surface area contributed by atoms with Crippen molar-refractivity contribution in [3.63, 3.8) is 0 Å². The van der Waals surface area contributed by atoms with Gasteiger partial charge in [0.2, 0.25) is 10.0 Å². The van der Waals surface area contributed by atoms with E-state index in [0.717, 1.165) is 0 Å². The van der Waals surface area contributed by atoms with Crippen LogP contribution in [0.4, 0.5) is 4.39 Å². The molecule has 1 N–H and O–H groups in total. The Morgan fingerprint density at radius 3 is 2.45 bits per heavy atom. The van der Waals surface area contributed by atoms with E-state index in [1.807, 2.05) is 0 Å². The van der Waals surface area contributed by atoms with Crippen molar-refractivity contribution < 1.29 is 22.7 Å². The van der Waals surface area contributed by atoms with Crippen molar-refractivity contribution in [1.82, 2.24) is 4.31 Å². The molecule has 1 aromatic carbocycles. The third-order valence-electron chi connectivity index (χ3n) is 3.49. The second-order valence-electron chi connectivity index (χ2n) is 4.86. The van der Waals surface area contributed by atoms with Gasteiger partial charge in [0.15, 0.2) is 0 Å². The molecule has 0 bridgehead atoms. The molecule has 0 amide bonds. The maximum Gasteiger partial charge on any atom is 0.306 e. The summed E-state index contributed by atoms with van der Waals surface area (Å²) in [5, 5.41) is 8.88. The summed E-state index contributed by atoms with van der Waals surface area (Å²) in [4.78, 5) is 10.8. The lowest BCUT2D eigenvalue weighted by atomic mass is 9.99. The van der Waals surface area contributed by atoms with Gasteiger partial charge >= 0.3 is 5.97 Å². The molecule has 1 saturated heterocycles. The molecule has 0 atom stereocenters. The number of benzene rings is 1. The topological polar surface area (TPSA) is 74.7 Å². The summed E-state index contributed by atoms with van der Waals surface area (Å²) in [6, 6.07) is 5.76. The first kappa shape index (κ1) is 14.9. The number of hydrogen-bond donors (Lipinski definition) is 1. The third-order valence-corrected chi connectivity index (χ3v) is 5.32. The van der Waals surface area contributed by atoms with Crippen LogP contribution < -0.4 is 0 Å². The fraction of sp³-hybridized carbons (Fsp3) is 0.462. The quantitative estimate of drug-likeness (QED) is 0.913. The van der Waals surface area contributed by atoms with Crippen molar-refractivity contribution in [2.24, 2.45) is 5.92 Å². The molecule has 1 aliphatic heterocycles. The summed E-state index contributed by atoms with van der Waals surface area (Å²) in [5.74, 6) is -2.32. The number of rotatable bonds is 4. The van der Waals surface area contributed by atoms with Gasteiger partial charge in [0.1, 0.15) is 5.82 Å². The molecular weight excluding hydrogens is 285 g/mol. The molecular formula is C13H16FNO4S. The van der Waals surface area contributed by atoms with E-state index in [1.54, 1.807) is 6.07 Å². The number of piperidine rings is 1. The fourth-order valence-electron chi connectivity index (χ4n) is 2.28. The van der Waals surface area contributed by atoms with E-state index in [4.69, 9.17) is 5.11 Å². The Labute approximate surface area is 117 Å².